The zero-order chi connectivity index (χ0) is 13.9. The molecule has 0 aromatic rings. The number of hydrogen-bond acceptors (Lipinski definition) is 3. The molecular weight excluding hydrogens is 240 g/mol. The van der Waals surface area contributed by atoms with E-state index < -0.39 is 0 Å². The van der Waals surface area contributed by atoms with E-state index in [0.717, 1.165) is 52.0 Å². The van der Waals surface area contributed by atoms with Gasteiger partial charge in [-0.1, -0.05) is 6.42 Å². The van der Waals surface area contributed by atoms with Gasteiger partial charge in [0.05, 0.1) is 17.5 Å². The molecule has 19 heavy (non-hydrogen) atoms. The van der Waals surface area contributed by atoms with Crippen LogP contribution in [0.2, 0.25) is 0 Å². The maximum Gasteiger partial charge on any atom is 0.320 e. The summed E-state index contributed by atoms with van der Waals surface area (Å²) in [5.74, 6) is 0. The molecule has 5 heteroatoms. The molecule has 2 amide bonds. The predicted octanol–water partition coefficient (Wildman–Crippen LogP) is 1.42. The summed E-state index contributed by atoms with van der Waals surface area (Å²) in [5.41, 5.74) is -0.240. The number of urea groups is 1. The van der Waals surface area contributed by atoms with E-state index in [0.29, 0.717) is 6.04 Å². The number of unbranched alkanes of at least 4 members (excludes halogenated alkanes) is 1. The zero-order valence-electron chi connectivity index (χ0n) is 12.0. The summed E-state index contributed by atoms with van der Waals surface area (Å²) in [6.07, 6.45) is 2.90. The van der Waals surface area contributed by atoms with E-state index in [-0.39, 0.29) is 11.4 Å². The van der Waals surface area contributed by atoms with Crippen LogP contribution in [0.25, 0.3) is 0 Å². The fourth-order valence-electron chi connectivity index (χ4n) is 2.80. The Labute approximate surface area is 115 Å². The van der Waals surface area contributed by atoms with Crippen LogP contribution in [0.4, 0.5) is 4.79 Å². The molecule has 1 unspecified atom stereocenters. The molecule has 2 saturated heterocycles. The molecule has 0 aromatic heterocycles. The lowest BCUT2D eigenvalue weighted by Crippen LogP contribution is -2.49. The second kappa shape index (κ2) is 5.79. The van der Waals surface area contributed by atoms with E-state index in [1.807, 2.05) is 23.6 Å². The Morgan fingerprint density at radius 2 is 2.26 bits per heavy atom. The summed E-state index contributed by atoms with van der Waals surface area (Å²) in [5, 5.41) is 12.3. The number of nitrogens with zero attached hydrogens (tertiary/aromatic N) is 3. The van der Waals surface area contributed by atoms with Gasteiger partial charge < -0.3 is 15.1 Å². The standard InChI is InChI=1S/C14H24N4O/c1-14(2,11-15)5-3-4-7-17-10-12-9-16-6-8-18(12)13(17)19/h12,16H,3-10H2,1-2H3. The Hall–Kier alpha value is -1.28. The van der Waals surface area contributed by atoms with Gasteiger partial charge in [-0.05, 0) is 26.7 Å². The lowest BCUT2D eigenvalue weighted by molar-refractivity contribution is 0.178. The average Bonchev–Trinajstić information content (AvgIpc) is 2.72. The van der Waals surface area contributed by atoms with Crippen LogP contribution in [0.3, 0.4) is 0 Å². The molecule has 0 radical (unpaired) electrons. The number of fused-ring (bicyclic) bond motifs is 1. The number of carbonyl (C=O) groups is 1. The molecular formula is C14H24N4O. The molecule has 2 aliphatic rings. The van der Waals surface area contributed by atoms with Gasteiger partial charge in [0.25, 0.3) is 0 Å². The highest BCUT2D eigenvalue weighted by Crippen LogP contribution is 2.23. The maximum absolute atomic E-state index is 12.2. The third kappa shape index (κ3) is 3.38. The molecule has 0 saturated carbocycles. The van der Waals surface area contributed by atoms with Gasteiger partial charge in [-0.2, -0.15) is 5.26 Å². The number of hydrogen-bond donors (Lipinski definition) is 1. The molecule has 0 spiro atoms. The third-order valence-corrected chi connectivity index (χ3v) is 4.08. The molecule has 2 rings (SSSR count). The van der Waals surface area contributed by atoms with Crippen LogP contribution in [0.5, 0.6) is 0 Å². The normalized spacial score (nSPS) is 23.4. The van der Waals surface area contributed by atoms with Gasteiger partial charge in [0.15, 0.2) is 0 Å². The van der Waals surface area contributed by atoms with Gasteiger partial charge in [0.1, 0.15) is 0 Å². The average molecular weight is 264 g/mol. The summed E-state index contributed by atoms with van der Waals surface area (Å²) in [6.45, 7) is 8.29. The summed E-state index contributed by atoms with van der Waals surface area (Å²) in [4.78, 5) is 16.1. The molecule has 0 aromatic carbocycles. The van der Waals surface area contributed by atoms with Crippen LogP contribution in [0, 0.1) is 16.7 Å². The van der Waals surface area contributed by atoms with Crippen molar-refractivity contribution in [2.75, 3.05) is 32.7 Å². The summed E-state index contributed by atoms with van der Waals surface area (Å²) < 4.78 is 0. The van der Waals surface area contributed by atoms with E-state index in [1.54, 1.807) is 0 Å². The third-order valence-electron chi connectivity index (χ3n) is 4.08. The molecule has 5 nitrogen and oxygen atoms in total. The van der Waals surface area contributed by atoms with E-state index >= 15 is 0 Å². The summed E-state index contributed by atoms with van der Waals surface area (Å²) in [7, 11) is 0. The number of nitrogens with one attached hydrogen (secondary N) is 1. The molecule has 1 atom stereocenters. The SMILES string of the molecule is CC(C)(C#N)CCCCN1CC2CNCCN2C1=O. The maximum atomic E-state index is 12.2. The molecule has 106 valence electrons. The Kier molecular flexibility index (Phi) is 4.31. The van der Waals surface area contributed by atoms with Crippen molar-refractivity contribution in [3.63, 3.8) is 0 Å². The van der Waals surface area contributed by atoms with Crippen LogP contribution < -0.4 is 5.32 Å². The Balaban J connectivity index is 1.72. The van der Waals surface area contributed by atoms with Gasteiger partial charge in [0, 0.05) is 32.7 Å². The monoisotopic (exact) mass is 264 g/mol. The van der Waals surface area contributed by atoms with Crippen molar-refractivity contribution in [3.8, 4) is 6.07 Å². The number of carbonyl (C=O) groups excluding carboxylic acids is 1. The topological polar surface area (TPSA) is 59.4 Å². The zero-order valence-corrected chi connectivity index (χ0v) is 12.0. The molecule has 1 N–H and O–H groups in total. The van der Waals surface area contributed by atoms with E-state index in [2.05, 4.69) is 11.4 Å². The van der Waals surface area contributed by atoms with Gasteiger partial charge in [-0.15, -0.1) is 0 Å². The van der Waals surface area contributed by atoms with Gasteiger partial charge >= 0.3 is 6.03 Å². The minimum absolute atomic E-state index is 0.200. The largest absolute Gasteiger partial charge is 0.323 e. The van der Waals surface area contributed by atoms with Crippen LogP contribution in [0.1, 0.15) is 33.1 Å². The van der Waals surface area contributed by atoms with Crippen LogP contribution in [0.15, 0.2) is 0 Å². The highest BCUT2D eigenvalue weighted by atomic mass is 16.2. The van der Waals surface area contributed by atoms with Crippen LogP contribution in [-0.4, -0.2) is 54.6 Å². The molecule has 2 heterocycles. The number of nitriles is 1. The number of amides is 2. The minimum atomic E-state index is -0.240. The van der Waals surface area contributed by atoms with Gasteiger partial charge in [-0.25, -0.2) is 4.79 Å². The Morgan fingerprint density at radius 3 is 2.95 bits per heavy atom. The van der Waals surface area contributed by atoms with Crippen molar-refractivity contribution in [2.45, 2.75) is 39.2 Å². The van der Waals surface area contributed by atoms with Crippen molar-refractivity contribution in [3.05, 3.63) is 0 Å². The fraction of sp³-hybridized carbons (Fsp3) is 0.857. The molecule has 2 fully saturated rings. The van der Waals surface area contributed by atoms with Gasteiger partial charge in [0.2, 0.25) is 0 Å². The summed E-state index contributed by atoms with van der Waals surface area (Å²) >= 11 is 0. The second-order valence-corrected chi connectivity index (χ2v) is 6.23. The second-order valence-electron chi connectivity index (χ2n) is 6.23. The smallest absolute Gasteiger partial charge is 0.320 e. The highest BCUT2D eigenvalue weighted by Gasteiger charge is 2.37. The van der Waals surface area contributed by atoms with Crippen molar-refractivity contribution >= 4 is 6.03 Å². The molecule has 2 aliphatic heterocycles. The molecule has 0 bridgehead atoms. The van der Waals surface area contributed by atoms with Crippen molar-refractivity contribution < 1.29 is 4.79 Å². The van der Waals surface area contributed by atoms with Crippen molar-refractivity contribution in [1.29, 1.82) is 5.26 Å². The Bertz CT molecular complexity index is 374. The first-order valence-corrected chi connectivity index (χ1v) is 7.21. The minimum Gasteiger partial charge on any atom is -0.323 e. The first-order valence-electron chi connectivity index (χ1n) is 7.21. The highest BCUT2D eigenvalue weighted by molar-refractivity contribution is 5.77. The fourth-order valence-corrected chi connectivity index (χ4v) is 2.80. The molecule has 0 aliphatic carbocycles. The van der Waals surface area contributed by atoms with Crippen LogP contribution in [-0.2, 0) is 0 Å². The first kappa shape index (κ1) is 14.1. The van der Waals surface area contributed by atoms with Crippen molar-refractivity contribution in [1.82, 2.24) is 15.1 Å². The predicted molar refractivity (Wildman–Crippen MR) is 73.6 cm³/mol. The van der Waals surface area contributed by atoms with Crippen molar-refractivity contribution in [2.24, 2.45) is 5.41 Å². The van der Waals surface area contributed by atoms with E-state index in [9.17, 15) is 4.79 Å². The van der Waals surface area contributed by atoms with Crippen LogP contribution >= 0.6 is 0 Å². The summed E-state index contributed by atoms with van der Waals surface area (Å²) in [6, 6.07) is 2.88. The van der Waals surface area contributed by atoms with Gasteiger partial charge in [-0.3, -0.25) is 0 Å². The Morgan fingerprint density at radius 1 is 1.47 bits per heavy atom. The van der Waals surface area contributed by atoms with E-state index in [4.69, 9.17) is 5.26 Å². The number of piperazine rings is 1. The first-order chi connectivity index (χ1) is 9.03. The van der Waals surface area contributed by atoms with E-state index in [1.165, 1.54) is 0 Å². The number of rotatable bonds is 5. The lowest BCUT2D eigenvalue weighted by atomic mass is 9.89. The lowest BCUT2D eigenvalue weighted by Gasteiger charge is -2.28. The quantitative estimate of drug-likeness (QED) is 0.764.